The van der Waals surface area contributed by atoms with Gasteiger partial charge in [-0.2, -0.15) is 5.10 Å². The first kappa shape index (κ1) is 11.2. The lowest BCUT2D eigenvalue weighted by Crippen LogP contribution is -1.90. The van der Waals surface area contributed by atoms with Crippen molar-refractivity contribution in [2.45, 2.75) is 6.92 Å². The van der Waals surface area contributed by atoms with Crippen LogP contribution >= 0.6 is 11.6 Å². The third-order valence-corrected chi connectivity index (χ3v) is 3.29. The third-order valence-electron chi connectivity index (χ3n) is 3.08. The van der Waals surface area contributed by atoms with Crippen molar-refractivity contribution in [1.29, 1.82) is 0 Å². The second kappa shape index (κ2) is 4.10. The molecular weight excluding hydrogens is 246 g/mol. The number of rotatable bonds is 1. The van der Waals surface area contributed by atoms with Crippen molar-refractivity contribution in [3.8, 4) is 11.3 Å². The lowest BCUT2D eigenvalue weighted by atomic mass is 10.1. The molecule has 0 aliphatic carbocycles. The van der Waals surface area contributed by atoms with Crippen LogP contribution in [0.25, 0.3) is 22.2 Å². The molecule has 0 unspecified atom stereocenters. The number of hydrogen-bond acceptors (Lipinski definition) is 2. The maximum atomic E-state index is 5.96. The Morgan fingerprint density at radius 2 is 2.00 bits per heavy atom. The largest absolute Gasteiger partial charge is 0.268 e. The van der Waals surface area contributed by atoms with Crippen LogP contribution in [-0.4, -0.2) is 14.8 Å². The smallest absolute Gasteiger partial charge is 0.129 e. The first-order chi connectivity index (χ1) is 8.65. The van der Waals surface area contributed by atoms with E-state index >= 15 is 0 Å². The van der Waals surface area contributed by atoms with Gasteiger partial charge in [0.1, 0.15) is 5.15 Å². The SMILES string of the molecule is Cc1ccc(Cl)nc1-c1ccc2c(cnn2C)c1. The fraction of sp³-hybridized carbons (Fsp3) is 0.143. The predicted molar refractivity (Wildman–Crippen MR) is 73.7 cm³/mol. The van der Waals surface area contributed by atoms with E-state index in [9.17, 15) is 0 Å². The van der Waals surface area contributed by atoms with Gasteiger partial charge in [0.05, 0.1) is 17.4 Å². The molecule has 0 saturated carbocycles. The number of fused-ring (bicyclic) bond motifs is 1. The molecule has 0 aliphatic heterocycles. The van der Waals surface area contributed by atoms with Crippen LogP contribution < -0.4 is 0 Å². The van der Waals surface area contributed by atoms with Gasteiger partial charge < -0.3 is 0 Å². The molecule has 0 N–H and O–H groups in total. The summed E-state index contributed by atoms with van der Waals surface area (Å²) in [5, 5.41) is 5.86. The molecule has 3 aromatic rings. The number of aryl methyl sites for hydroxylation is 2. The molecule has 4 heteroatoms. The molecular formula is C14H12ClN3. The standard InChI is InChI=1S/C14H12ClN3/c1-9-3-6-13(15)17-14(9)10-4-5-12-11(7-10)8-16-18(12)2/h3-8H,1-2H3. The lowest BCUT2D eigenvalue weighted by Gasteiger charge is -2.06. The van der Waals surface area contributed by atoms with Crippen molar-refractivity contribution in [1.82, 2.24) is 14.8 Å². The average molecular weight is 258 g/mol. The van der Waals surface area contributed by atoms with Crippen molar-refractivity contribution >= 4 is 22.5 Å². The quantitative estimate of drug-likeness (QED) is 0.624. The minimum absolute atomic E-state index is 0.516. The Morgan fingerprint density at radius 3 is 2.83 bits per heavy atom. The van der Waals surface area contributed by atoms with Crippen molar-refractivity contribution in [2.75, 3.05) is 0 Å². The van der Waals surface area contributed by atoms with Gasteiger partial charge in [-0.05, 0) is 30.7 Å². The molecule has 18 heavy (non-hydrogen) atoms. The van der Waals surface area contributed by atoms with Crippen LogP contribution in [0.1, 0.15) is 5.56 Å². The van der Waals surface area contributed by atoms with Crippen LogP contribution in [0.15, 0.2) is 36.5 Å². The fourth-order valence-corrected chi connectivity index (χ4v) is 2.26. The zero-order valence-corrected chi connectivity index (χ0v) is 10.9. The van der Waals surface area contributed by atoms with Gasteiger partial charge in [0, 0.05) is 18.0 Å². The molecule has 0 aliphatic rings. The van der Waals surface area contributed by atoms with Gasteiger partial charge in [0.25, 0.3) is 0 Å². The van der Waals surface area contributed by atoms with Gasteiger partial charge in [-0.3, -0.25) is 4.68 Å². The van der Waals surface area contributed by atoms with Crippen LogP contribution in [0.4, 0.5) is 0 Å². The van der Waals surface area contributed by atoms with E-state index in [1.54, 1.807) is 0 Å². The van der Waals surface area contributed by atoms with Gasteiger partial charge in [0.15, 0.2) is 0 Å². The van der Waals surface area contributed by atoms with E-state index in [1.807, 2.05) is 37.0 Å². The number of nitrogens with zero attached hydrogens (tertiary/aromatic N) is 3. The van der Waals surface area contributed by atoms with Crippen LogP contribution in [0.5, 0.6) is 0 Å². The summed E-state index contributed by atoms with van der Waals surface area (Å²) in [7, 11) is 1.94. The molecule has 90 valence electrons. The van der Waals surface area contributed by atoms with Crippen molar-refractivity contribution in [3.63, 3.8) is 0 Å². The Morgan fingerprint density at radius 1 is 1.17 bits per heavy atom. The molecule has 0 spiro atoms. The summed E-state index contributed by atoms with van der Waals surface area (Å²) in [4.78, 5) is 4.39. The Balaban J connectivity index is 2.22. The highest BCUT2D eigenvalue weighted by Gasteiger charge is 2.07. The van der Waals surface area contributed by atoms with Crippen LogP contribution in [0.3, 0.4) is 0 Å². The summed E-state index contributed by atoms with van der Waals surface area (Å²) >= 11 is 5.96. The van der Waals surface area contributed by atoms with E-state index in [4.69, 9.17) is 11.6 Å². The van der Waals surface area contributed by atoms with E-state index in [1.165, 1.54) is 0 Å². The molecule has 0 amide bonds. The number of benzene rings is 1. The highest BCUT2D eigenvalue weighted by atomic mass is 35.5. The molecule has 3 rings (SSSR count). The average Bonchev–Trinajstić information content (AvgIpc) is 2.74. The second-order valence-corrected chi connectivity index (χ2v) is 4.73. The highest BCUT2D eigenvalue weighted by molar-refractivity contribution is 6.29. The molecule has 0 saturated heterocycles. The number of pyridine rings is 1. The summed E-state index contributed by atoms with van der Waals surface area (Å²) in [6, 6.07) is 9.99. The van der Waals surface area contributed by atoms with Crippen molar-refractivity contribution in [3.05, 3.63) is 47.2 Å². The zero-order chi connectivity index (χ0) is 12.7. The molecule has 0 atom stereocenters. The van der Waals surface area contributed by atoms with Gasteiger partial charge in [-0.25, -0.2) is 4.98 Å². The Labute approximate surface area is 110 Å². The van der Waals surface area contributed by atoms with E-state index in [0.717, 1.165) is 27.7 Å². The monoisotopic (exact) mass is 257 g/mol. The van der Waals surface area contributed by atoms with E-state index < -0.39 is 0 Å². The van der Waals surface area contributed by atoms with Crippen molar-refractivity contribution < 1.29 is 0 Å². The Hall–Kier alpha value is -1.87. The summed E-state index contributed by atoms with van der Waals surface area (Å²) < 4.78 is 1.86. The lowest BCUT2D eigenvalue weighted by molar-refractivity contribution is 0.797. The topological polar surface area (TPSA) is 30.7 Å². The molecule has 2 aromatic heterocycles. The van der Waals surface area contributed by atoms with Crippen molar-refractivity contribution in [2.24, 2.45) is 7.05 Å². The maximum Gasteiger partial charge on any atom is 0.129 e. The minimum atomic E-state index is 0.516. The Kier molecular flexibility index (Phi) is 2.56. The zero-order valence-electron chi connectivity index (χ0n) is 10.2. The van der Waals surface area contributed by atoms with Gasteiger partial charge in [-0.1, -0.05) is 23.7 Å². The number of hydrogen-bond donors (Lipinski definition) is 0. The van der Waals surface area contributed by atoms with E-state index in [2.05, 4.69) is 28.3 Å². The second-order valence-electron chi connectivity index (χ2n) is 4.34. The van der Waals surface area contributed by atoms with Crippen LogP contribution in [0, 0.1) is 6.92 Å². The predicted octanol–water partition coefficient (Wildman–Crippen LogP) is 3.60. The van der Waals surface area contributed by atoms with Gasteiger partial charge in [0.2, 0.25) is 0 Å². The molecule has 3 nitrogen and oxygen atoms in total. The van der Waals surface area contributed by atoms with E-state index in [-0.39, 0.29) is 0 Å². The van der Waals surface area contributed by atoms with Crippen LogP contribution in [0.2, 0.25) is 5.15 Å². The molecule has 0 bridgehead atoms. The number of halogens is 1. The maximum absolute atomic E-state index is 5.96. The first-order valence-corrected chi connectivity index (χ1v) is 6.08. The first-order valence-electron chi connectivity index (χ1n) is 5.70. The normalized spacial score (nSPS) is 11.1. The molecule has 0 fully saturated rings. The Bertz CT molecular complexity index is 731. The minimum Gasteiger partial charge on any atom is -0.268 e. The third kappa shape index (κ3) is 1.77. The molecule has 1 aromatic carbocycles. The summed E-state index contributed by atoms with van der Waals surface area (Å²) in [6.07, 6.45) is 1.86. The molecule has 0 radical (unpaired) electrons. The molecule has 2 heterocycles. The fourth-order valence-electron chi connectivity index (χ4n) is 2.11. The summed E-state index contributed by atoms with van der Waals surface area (Å²) in [5.41, 5.74) is 4.21. The highest BCUT2D eigenvalue weighted by Crippen LogP contribution is 2.26. The van der Waals surface area contributed by atoms with Gasteiger partial charge >= 0.3 is 0 Å². The van der Waals surface area contributed by atoms with Gasteiger partial charge in [-0.15, -0.1) is 0 Å². The number of aromatic nitrogens is 3. The summed E-state index contributed by atoms with van der Waals surface area (Å²) in [5.74, 6) is 0. The van der Waals surface area contributed by atoms with E-state index in [0.29, 0.717) is 5.15 Å². The summed E-state index contributed by atoms with van der Waals surface area (Å²) in [6.45, 7) is 2.03. The van der Waals surface area contributed by atoms with Crippen LogP contribution in [-0.2, 0) is 7.05 Å².